The third kappa shape index (κ3) is 4.22. The lowest BCUT2D eigenvalue weighted by molar-refractivity contribution is -0.133. The van der Waals surface area contributed by atoms with E-state index in [0.29, 0.717) is 12.5 Å². The van der Waals surface area contributed by atoms with Crippen LogP contribution in [0.2, 0.25) is 0 Å². The fourth-order valence-corrected chi connectivity index (χ4v) is 2.59. The van der Waals surface area contributed by atoms with Crippen LogP contribution < -0.4 is 5.32 Å². The highest BCUT2D eigenvalue weighted by Gasteiger charge is 2.27. The summed E-state index contributed by atoms with van der Waals surface area (Å²) in [6.45, 7) is 3.45. The molecule has 1 saturated carbocycles. The number of hydrogen-bond donors (Lipinski definition) is 1. The van der Waals surface area contributed by atoms with Gasteiger partial charge in [0.05, 0.1) is 12.6 Å². The molecule has 1 aromatic carbocycles. The minimum atomic E-state index is 0. The molecule has 20 heavy (non-hydrogen) atoms. The molecular weight excluding hydrogens is 272 g/mol. The number of carbonyl (C=O) groups excluding carboxylic acids is 1. The molecule has 0 bridgehead atoms. The van der Waals surface area contributed by atoms with E-state index < -0.39 is 0 Å². The molecule has 3 nitrogen and oxygen atoms in total. The number of amides is 1. The summed E-state index contributed by atoms with van der Waals surface area (Å²) in [5.41, 5.74) is 1.21. The van der Waals surface area contributed by atoms with Crippen molar-refractivity contribution in [2.45, 2.75) is 32.2 Å². The van der Waals surface area contributed by atoms with Gasteiger partial charge in [0.1, 0.15) is 0 Å². The van der Waals surface area contributed by atoms with Crippen LogP contribution in [-0.4, -0.2) is 30.9 Å². The van der Waals surface area contributed by atoms with Crippen LogP contribution >= 0.6 is 12.4 Å². The molecule has 0 aliphatic heterocycles. The number of likely N-dealkylation sites (N-methyl/N-ethyl adjacent to an activating group) is 1. The number of carbonyl (C=O) groups is 1. The van der Waals surface area contributed by atoms with E-state index in [1.54, 1.807) is 0 Å². The molecule has 0 aromatic heterocycles. The number of benzene rings is 1. The van der Waals surface area contributed by atoms with Crippen molar-refractivity contribution >= 4 is 18.3 Å². The quantitative estimate of drug-likeness (QED) is 0.875. The maximum atomic E-state index is 12.3. The van der Waals surface area contributed by atoms with Crippen molar-refractivity contribution in [3.05, 3.63) is 35.9 Å². The van der Waals surface area contributed by atoms with Gasteiger partial charge in [0.25, 0.3) is 0 Å². The maximum absolute atomic E-state index is 12.3. The molecule has 1 N–H and O–H groups in total. The summed E-state index contributed by atoms with van der Waals surface area (Å²) in [6.07, 6.45) is 3.86. The van der Waals surface area contributed by atoms with Gasteiger partial charge in [-0.25, -0.2) is 0 Å². The summed E-state index contributed by atoms with van der Waals surface area (Å²) in [6, 6.07) is 10.5. The molecule has 1 aliphatic rings. The molecule has 1 amide bonds. The number of rotatable bonds is 6. The van der Waals surface area contributed by atoms with E-state index in [1.807, 2.05) is 30.1 Å². The van der Waals surface area contributed by atoms with Crippen LogP contribution in [0.1, 0.15) is 37.8 Å². The Bertz CT molecular complexity index is 406. The van der Waals surface area contributed by atoms with Crippen LogP contribution in [0, 0.1) is 5.92 Å². The van der Waals surface area contributed by atoms with Crippen LogP contribution in [0.5, 0.6) is 0 Å². The molecule has 1 atom stereocenters. The molecule has 4 heteroatoms. The molecule has 1 fully saturated rings. The predicted molar refractivity (Wildman–Crippen MR) is 85.1 cm³/mol. The fourth-order valence-electron chi connectivity index (χ4n) is 2.59. The fraction of sp³-hybridized carbons (Fsp3) is 0.562. The van der Waals surface area contributed by atoms with Crippen LogP contribution in [0.3, 0.4) is 0 Å². The Hall–Kier alpha value is -1.06. The number of halogens is 1. The second kappa shape index (κ2) is 8.28. The van der Waals surface area contributed by atoms with Gasteiger partial charge < -0.3 is 10.2 Å². The number of nitrogens with one attached hydrogen (secondary N) is 1. The van der Waals surface area contributed by atoms with Gasteiger partial charge in [-0.2, -0.15) is 0 Å². The van der Waals surface area contributed by atoms with Crippen molar-refractivity contribution < 1.29 is 4.79 Å². The van der Waals surface area contributed by atoms with E-state index in [9.17, 15) is 4.79 Å². The highest BCUT2D eigenvalue weighted by molar-refractivity contribution is 5.85. The van der Waals surface area contributed by atoms with Gasteiger partial charge >= 0.3 is 0 Å². The van der Waals surface area contributed by atoms with Crippen LogP contribution in [0.25, 0.3) is 0 Å². The molecular formula is C16H25ClN2O. The van der Waals surface area contributed by atoms with E-state index in [0.717, 1.165) is 6.54 Å². The zero-order chi connectivity index (χ0) is 13.7. The zero-order valence-electron chi connectivity index (χ0n) is 12.3. The zero-order valence-corrected chi connectivity index (χ0v) is 13.2. The maximum Gasteiger partial charge on any atom is 0.237 e. The van der Waals surface area contributed by atoms with Crippen molar-refractivity contribution in [1.29, 1.82) is 0 Å². The molecule has 1 aromatic rings. The standard InChI is InChI=1S/C16H24N2O.ClH/c1-13(15-9-4-3-5-10-15)18(16(19)11-17-2)12-14-7-6-8-14;/h3-5,9-10,13-14,17H,6-8,11-12H2,1-2H3;1H. The Morgan fingerprint density at radius 3 is 2.50 bits per heavy atom. The average molecular weight is 297 g/mol. The van der Waals surface area contributed by atoms with Crippen LogP contribution in [0.15, 0.2) is 30.3 Å². The van der Waals surface area contributed by atoms with Gasteiger partial charge in [-0.15, -0.1) is 12.4 Å². The Balaban J connectivity index is 0.00000200. The third-order valence-electron chi connectivity index (χ3n) is 4.08. The molecule has 112 valence electrons. The van der Waals surface area contributed by atoms with Crippen LogP contribution in [0.4, 0.5) is 0 Å². The van der Waals surface area contributed by atoms with E-state index in [-0.39, 0.29) is 24.4 Å². The molecule has 0 heterocycles. The van der Waals surface area contributed by atoms with Gasteiger partial charge in [-0.1, -0.05) is 36.8 Å². The molecule has 0 spiro atoms. The monoisotopic (exact) mass is 296 g/mol. The van der Waals surface area contributed by atoms with Gasteiger partial charge in [0.15, 0.2) is 0 Å². The van der Waals surface area contributed by atoms with Gasteiger partial charge in [0.2, 0.25) is 5.91 Å². The van der Waals surface area contributed by atoms with Crippen molar-refractivity contribution in [2.24, 2.45) is 5.92 Å². The van der Waals surface area contributed by atoms with E-state index >= 15 is 0 Å². The smallest absolute Gasteiger partial charge is 0.237 e. The van der Waals surface area contributed by atoms with Crippen molar-refractivity contribution in [3.8, 4) is 0 Å². The molecule has 0 radical (unpaired) electrons. The van der Waals surface area contributed by atoms with E-state index in [1.165, 1.54) is 24.8 Å². The second-order valence-electron chi connectivity index (χ2n) is 5.46. The van der Waals surface area contributed by atoms with Gasteiger partial charge in [-0.3, -0.25) is 4.79 Å². The Kier molecular flexibility index (Phi) is 7.03. The lowest BCUT2D eigenvalue weighted by Gasteiger charge is -2.36. The van der Waals surface area contributed by atoms with Crippen molar-refractivity contribution in [2.75, 3.05) is 20.1 Å². The molecule has 0 saturated heterocycles. The Morgan fingerprint density at radius 1 is 1.35 bits per heavy atom. The molecule has 2 rings (SSSR count). The predicted octanol–water partition coefficient (Wildman–Crippen LogP) is 3.02. The number of nitrogens with zero attached hydrogens (tertiary/aromatic N) is 1. The normalized spacial score (nSPS) is 15.9. The summed E-state index contributed by atoms with van der Waals surface area (Å²) >= 11 is 0. The van der Waals surface area contributed by atoms with Crippen LogP contribution in [-0.2, 0) is 4.79 Å². The topological polar surface area (TPSA) is 32.3 Å². The summed E-state index contributed by atoms with van der Waals surface area (Å²) in [7, 11) is 1.83. The second-order valence-corrected chi connectivity index (χ2v) is 5.46. The lowest BCUT2D eigenvalue weighted by atomic mass is 9.84. The minimum Gasteiger partial charge on any atom is -0.335 e. The highest BCUT2D eigenvalue weighted by Crippen LogP contribution is 2.30. The van der Waals surface area contributed by atoms with Crippen molar-refractivity contribution in [1.82, 2.24) is 10.2 Å². The van der Waals surface area contributed by atoms with Gasteiger partial charge in [0, 0.05) is 6.54 Å². The SMILES string of the molecule is CNCC(=O)N(CC1CCC1)C(C)c1ccccc1.Cl. The first kappa shape index (κ1) is 17.0. The first-order chi connectivity index (χ1) is 9.22. The highest BCUT2D eigenvalue weighted by atomic mass is 35.5. The summed E-state index contributed by atoms with van der Waals surface area (Å²) < 4.78 is 0. The molecule has 1 aliphatic carbocycles. The third-order valence-corrected chi connectivity index (χ3v) is 4.08. The van der Waals surface area contributed by atoms with E-state index in [2.05, 4.69) is 24.4 Å². The largest absolute Gasteiger partial charge is 0.335 e. The van der Waals surface area contributed by atoms with Crippen molar-refractivity contribution in [3.63, 3.8) is 0 Å². The first-order valence-electron chi connectivity index (χ1n) is 7.21. The first-order valence-corrected chi connectivity index (χ1v) is 7.21. The summed E-state index contributed by atoms with van der Waals surface area (Å²) in [5.74, 6) is 0.901. The van der Waals surface area contributed by atoms with Gasteiger partial charge in [-0.05, 0) is 38.3 Å². The Labute approximate surface area is 128 Å². The summed E-state index contributed by atoms with van der Waals surface area (Å²) in [5, 5.41) is 2.97. The Morgan fingerprint density at radius 2 is 2.00 bits per heavy atom. The number of hydrogen-bond acceptors (Lipinski definition) is 2. The minimum absolute atomic E-state index is 0. The lowest BCUT2D eigenvalue weighted by Crippen LogP contribution is -2.42. The average Bonchev–Trinajstić information content (AvgIpc) is 2.38. The summed E-state index contributed by atoms with van der Waals surface area (Å²) in [4.78, 5) is 14.3. The van der Waals surface area contributed by atoms with E-state index in [4.69, 9.17) is 0 Å². The molecule has 1 unspecified atom stereocenters.